The zero-order valence-corrected chi connectivity index (χ0v) is 19.8. The largest absolute Gasteiger partial charge is 0.372 e. The van der Waals surface area contributed by atoms with E-state index in [1.807, 2.05) is 54.6 Å². The topological polar surface area (TPSA) is 58.6 Å². The smallest absolute Gasteiger partial charge is 0.253 e. The first-order valence-electron chi connectivity index (χ1n) is 11.6. The second-order valence-corrected chi connectivity index (χ2v) is 9.00. The number of hydrogen-bond acceptors (Lipinski definition) is 3. The van der Waals surface area contributed by atoms with Gasteiger partial charge in [0.2, 0.25) is 5.91 Å². The van der Waals surface area contributed by atoms with Gasteiger partial charge in [0.05, 0.1) is 19.1 Å². The van der Waals surface area contributed by atoms with E-state index < -0.39 is 0 Å². The molecule has 0 bridgehead atoms. The number of rotatable bonds is 8. The summed E-state index contributed by atoms with van der Waals surface area (Å²) in [5, 5.41) is 3.67. The molecule has 3 aromatic rings. The average molecular weight is 477 g/mol. The van der Waals surface area contributed by atoms with Gasteiger partial charge in [-0.2, -0.15) is 0 Å². The Morgan fingerprint density at radius 2 is 1.62 bits per heavy atom. The molecule has 0 aliphatic carbocycles. The normalized spacial score (nSPS) is 15.7. The lowest BCUT2D eigenvalue weighted by Gasteiger charge is -2.32. The van der Waals surface area contributed by atoms with Gasteiger partial charge in [0.15, 0.2) is 0 Å². The minimum atomic E-state index is -0.216. The molecule has 1 atom stereocenters. The summed E-state index contributed by atoms with van der Waals surface area (Å²) in [6.07, 6.45) is 1.58. The first-order valence-corrected chi connectivity index (χ1v) is 12.0. The van der Waals surface area contributed by atoms with Crippen LogP contribution in [0.3, 0.4) is 0 Å². The number of nitrogens with one attached hydrogen (secondary N) is 1. The molecule has 1 saturated heterocycles. The van der Waals surface area contributed by atoms with Crippen molar-refractivity contribution in [2.75, 3.05) is 13.1 Å². The van der Waals surface area contributed by atoms with Crippen LogP contribution in [0, 0.1) is 5.92 Å². The number of ether oxygens (including phenoxy) is 1. The van der Waals surface area contributed by atoms with Crippen molar-refractivity contribution in [3.8, 4) is 0 Å². The molecule has 1 aliphatic rings. The average Bonchev–Trinajstić information content (AvgIpc) is 2.88. The highest BCUT2D eigenvalue weighted by Crippen LogP contribution is 2.20. The molecular weight excluding hydrogens is 448 g/mol. The van der Waals surface area contributed by atoms with Crippen molar-refractivity contribution in [3.63, 3.8) is 0 Å². The molecule has 1 fully saturated rings. The van der Waals surface area contributed by atoms with Crippen LogP contribution in [0.4, 0.5) is 0 Å². The minimum absolute atomic E-state index is 0.0198. The number of carbonyl (C=O) groups excluding carboxylic acids is 2. The summed E-state index contributed by atoms with van der Waals surface area (Å²) >= 11 is 5.93. The maximum Gasteiger partial charge on any atom is 0.253 e. The van der Waals surface area contributed by atoms with E-state index in [0.29, 0.717) is 43.4 Å². The SMILES string of the molecule is O=C(NCc1ccccc1COCc1ccccc1)C1CCCN(C(=O)c2ccc(Cl)cc2)C1. The first kappa shape index (κ1) is 24.0. The van der Waals surface area contributed by atoms with Crippen LogP contribution in [0.2, 0.25) is 5.02 Å². The molecule has 1 aliphatic heterocycles. The van der Waals surface area contributed by atoms with E-state index in [-0.39, 0.29) is 17.7 Å². The van der Waals surface area contributed by atoms with Gasteiger partial charge in [-0.15, -0.1) is 0 Å². The van der Waals surface area contributed by atoms with Gasteiger partial charge < -0.3 is 15.0 Å². The van der Waals surface area contributed by atoms with Crippen molar-refractivity contribution < 1.29 is 14.3 Å². The van der Waals surface area contributed by atoms with Gasteiger partial charge >= 0.3 is 0 Å². The van der Waals surface area contributed by atoms with Gasteiger partial charge in [-0.25, -0.2) is 0 Å². The van der Waals surface area contributed by atoms with Crippen molar-refractivity contribution in [1.29, 1.82) is 0 Å². The number of piperidine rings is 1. The van der Waals surface area contributed by atoms with Crippen molar-refractivity contribution >= 4 is 23.4 Å². The molecule has 0 radical (unpaired) electrons. The maximum absolute atomic E-state index is 12.9. The molecule has 1 unspecified atom stereocenters. The van der Waals surface area contributed by atoms with E-state index in [2.05, 4.69) is 5.32 Å². The van der Waals surface area contributed by atoms with Gasteiger partial charge in [-0.05, 0) is 53.8 Å². The number of amides is 2. The fourth-order valence-corrected chi connectivity index (χ4v) is 4.33. The molecule has 1 N–H and O–H groups in total. The molecule has 5 nitrogen and oxygen atoms in total. The summed E-state index contributed by atoms with van der Waals surface area (Å²) in [4.78, 5) is 27.5. The monoisotopic (exact) mass is 476 g/mol. The standard InChI is InChI=1S/C28H29ClN2O3/c29-26-14-12-22(13-15-26)28(33)31-16-6-11-24(18-31)27(32)30-17-23-9-4-5-10-25(23)20-34-19-21-7-2-1-3-8-21/h1-5,7-10,12-15,24H,6,11,16-20H2,(H,30,32). The Labute approximate surface area is 205 Å². The molecule has 176 valence electrons. The molecule has 4 rings (SSSR count). The third-order valence-corrected chi connectivity index (χ3v) is 6.36. The number of nitrogens with zero attached hydrogens (tertiary/aromatic N) is 1. The van der Waals surface area contributed by atoms with E-state index in [9.17, 15) is 9.59 Å². The van der Waals surface area contributed by atoms with Crippen LogP contribution in [0.25, 0.3) is 0 Å². The summed E-state index contributed by atoms with van der Waals surface area (Å²) in [5.41, 5.74) is 3.81. The predicted octanol–water partition coefficient (Wildman–Crippen LogP) is 5.23. The maximum atomic E-state index is 12.9. The van der Waals surface area contributed by atoms with E-state index in [1.54, 1.807) is 29.2 Å². The van der Waals surface area contributed by atoms with Gasteiger partial charge in [-0.3, -0.25) is 9.59 Å². The minimum Gasteiger partial charge on any atom is -0.372 e. The van der Waals surface area contributed by atoms with Crippen molar-refractivity contribution in [3.05, 3.63) is 106 Å². The molecule has 2 amide bonds. The number of carbonyl (C=O) groups is 2. The molecule has 0 spiro atoms. The highest BCUT2D eigenvalue weighted by Gasteiger charge is 2.28. The summed E-state index contributed by atoms with van der Waals surface area (Å²) in [5.74, 6) is -0.296. The Hall–Kier alpha value is -3.15. The highest BCUT2D eigenvalue weighted by molar-refractivity contribution is 6.30. The van der Waals surface area contributed by atoms with E-state index >= 15 is 0 Å². The molecule has 3 aromatic carbocycles. The third kappa shape index (κ3) is 6.46. The van der Waals surface area contributed by atoms with E-state index in [0.717, 1.165) is 29.5 Å². The quantitative estimate of drug-likeness (QED) is 0.484. The van der Waals surface area contributed by atoms with Crippen LogP contribution in [0.1, 0.15) is 39.9 Å². The molecule has 0 saturated carbocycles. The zero-order valence-electron chi connectivity index (χ0n) is 19.1. The Kier molecular flexibility index (Phi) is 8.34. The summed E-state index contributed by atoms with van der Waals surface area (Å²) in [6.45, 7) is 2.54. The predicted molar refractivity (Wildman–Crippen MR) is 133 cm³/mol. The Morgan fingerprint density at radius 1 is 0.912 bits per heavy atom. The van der Waals surface area contributed by atoms with Crippen LogP contribution in [-0.2, 0) is 29.3 Å². The van der Waals surface area contributed by atoms with Gasteiger partial charge in [0.1, 0.15) is 0 Å². The van der Waals surface area contributed by atoms with E-state index in [1.165, 1.54) is 0 Å². The van der Waals surface area contributed by atoms with Crippen molar-refractivity contribution in [2.24, 2.45) is 5.92 Å². The molecule has 0 aromatic heterocycles. The number of benzene rings is 3. The third-order valence-electron chi connectivity index (χ3n) is 6.11. The Bertz CT molecular complexity index is 1100. The van der Waals surface area contributed by atoms with Crippen LogP contribution in [-0.4, -0.2) is 29.8 Å². The number of halogens is 1. The van der Waals surface area contributed by atoms with Crippen LogP contribution in [0.5, 0.6) is 0 Å². The van der Waals surface area contributed by atoms with Crippen LogP contribution >= 0.6 is 11.6 Å². The highest BCUT2D eigenvalue weighted by atomic mass is 35.5. The molecular formula is C28H29ClN2O3. The summed E-state index contributed by atoms with van der Waals surface area (Å²) in [6, 6.07) is 24.9. The fraction of sp³-hybridized carbons (Fsp3) is 0.286. The van der Waals surface area contributed by atoms with Gasteiger partial charge in [-0.1, -0.05) is 66.2 Å². The molecule has 6 heteroatoms. The molecule has 34 heavy (non-hydrogen) atoms. The summed E-state index contributed by atoms with van der Waals surface area (Å²) < 4.78 is 5.89. The number of likely N-dealkylation sites (tertiary alicyclic amines) is 1. The van der Waals surface area contributed by atoms with Crippen molar-refractivity contribution in [1.82, 2.24) is 10.2 Å². The lowest BCUT2D eigenvalue weighted by molar-refractivity contribution is -0.126. The Balaban J connectivity index is 1.30. The van der Waals surface area contributed by atoms with Crippen LogP contribution in [0.15, 0.2) is 78.9 Å². The van der Waals surface area contributed by atoms with E-state index in [4.69, 9.17) is 16.3 Å². The first-order chi connectivity index (χ1) is 16.6. The van der Waals surface area contributed by atoms with Crippen LogP contribution < -0.4 is 5.32 Å². The lowest BCUT2D eigenvalue weighted by Crippen LogP contribution is -2.45. The zero-order chi connectivity index (χ0) is 23.8. The molecule has 1 heterocycles. The second kappa shape index (κ2) is 11.8. The lowest BCUT2D eigenvalue weighted by atomic mass is 9.96. The fourth-order valence-electron chi connectivity index (χ4n) is 4.20. The Morgan fingerprint density at radius 3 is 2.38 bits per heavy atom. The number of hydrogen-bond donors (Lipinski definition) is 1. The van der Waals surface area contributed by atoms with Gasteiger partial charge in [0, 0.05) is 30.2 Å². The summed E-state index contributed by atoms with van der Waals surface area (Å²) in [7, 11) is 0. The van der Waals surface area contributed by atoms with Crippen molar-refractivity contribution in [2.45, 2.75) is 32.6 Å². The van der Waals surface area contributed by atoms with Gasteiger partial charge in [0.25, 0.3) is 5.91 Å². The second-order valence-electron chi connectivity index (χ2n) is 8.56.